The fraction of sp³-hybridized carbons (Fsp3) is 0. The summed E-state index contributed by atoms with van der Waals surface area (Å²) in [6.07, 6.45) is 0. The molecule has 0 aromatic heterocycles. The average molecular weight is 178 g/mol. The van der Waals surface area contributed by atoms with E-state index in [1.807, 2.05) is 0 Å². The van der Waals surface area contributed by atoms with Crippen LogP contribution in [0.15, 0.2) is 12.1 Å². The van der Waals surface area contributed by atoms with Crippen LogP contribution in [0, 0.1) is 0 Å². The van der Waals surface area contributed by atoms with Gasteiger partial charge in [0.1, 0.15) is 5.56 Å². The van der Waals surface area contributed by atoms with E-state index in [0.717, 1.165) is 6.07 Å². The smallest absolute Gasteiger partial charge is 0.285 e. The highest BCUT2D eigenvalue weighted by molar-refractivity contribution is 6.22. The van der Waals surface area contributed by atoms with Gasteiger partial charge in [-0.3, -0.25) is 9.59 Å². The highest BCUT2D eigenvalue weighted by Crippen LogP contribution is 2.33. The molecule has 1 aliphatic rings. The number of carbonyl (C=O) groups excluding carboxylic acids is 2. The first-order valence-electron chi connectivity index (χ1n) is 3.46. The van der Waals surface area contributed by atoms with Gasteiger partial charge in [0.05, 0.1) is 5.56 Å². The van der Waals surface area contributed by atoms with Gasteiger partial charge < -0.3 is 10.2 Å². The number of hydrogen-bond acceptors (Lipinski definition) is 4. The second-order valence-electron chi connectivity index (χ2n) is 2.58. The number of amides is 2. The summed E-state index contributed by atoms with van der Waals surface area (Å²) in [5, 5.41) is 21.4. The van der Waals surface area contributed by atoms with Crippen molar-refractivity contribution < 1.29 is 19.8 Å². The summed E-state index contributed by atoms with van der Waals surface area (Å²) >= 11 is 0. The molecule has 1 radical (unpaired) electrons. The van der Waals surface area contributed by atoms with Crippen molar-refractivity contribution in [2.24, 2.45) is 0 Å². The Bertz CT molecular complexity index is 424. The first-order chi connectivity index (χ1) is 6.11. The number of benzene rings is 1. The van der Waals surface area contributed by atoms with Crippen molar-refractivity contribution in [3.63, 3.8) is 0 Å². The number of phenolic OH excluding ortho intramolecular Hbond substituents is 2. The minimum atomic E-state index is -0.812. The largest absolute Gasteiger partial charge is 0.504 e. The molecule has 2 rings (SSSR count). The van der Waals surface area contributed by atoms with E-state index in [1.54, 1.807) is 0 Å². The molecule has 13 heavy (non-hydrogen) atoms. The Labute approximate surface area is 72.6 Å². The lowest BCUT2D eigenvalue weighted by Gasteiger charge is -1.99. The molecule has 0 fully saturated rings. The minimum Gasteiger partial charge on any atom is -0.504 e. The standard InChI is InChI=1S/C8H4NO4/c10-4-2-1-3-5(6(4)11)8(13)9-7(3)12/h1-2,10-11H. The van der Waals surface area contributed by atoms with Crippen molar-refractivity contribution in [2.45, 2.75) is 0 Å². The van der Waals surface area contributed by atoms with Crippen LogP contribution >= 0.6 is 0 Å². The molecule has 0 spiro atoms. The van der Waals surface area contributed by atoms with Crippen molar-refractivity contribution in [3.8, 4) is 11.5 Å². The molecule has 65 valence electrons. The molecule has 1 aliphatic heterocycles. The minimum absolute atomic E-state index is 0.0281. The van der Waals surface area contributed by atoms with Crippen molar-refractivity contribution in [1.29, 1.82) is 0 Å². The molecule has 0 saturated heterocycles. The molecular weight excluding hydrogens is 174 g/mol. The molecule has 1 aromatic carbocycles. The lowest BCUT2D eigenvalue weighted by molar-refractivity contribution is 0.0872. The van der Waals surface area contributed by atoms with Gasteiger partial charge in [-0.05, 0) is 12.1 Å². The van der Waals surface area contributed by atoms with Crippen LogP contribution in [-0.4, -0.2) is 22.0 Å². The van der Waals surface area contributed by atoms with Crippen molar-refractivity contribution >= 4 is 11.8 Å². The Morgan fingerprint density at radius 2 is 1.77 bits per heavy atom. The number of imide groups is 1. The molecule has 0 unspecified atom stereocenters. The SMILES string of the molecule is O=C1[N]C(=O)c2c1ccc(O)c2O. The van der Waals surface area contributed by atoms with Crippen LogP contribution in [0.1, 0.15) is 20.7 Å². The topological polar surface area (TPSA) is 88.7 Å². The summed E-state index contributed by atoms with van der Waals surface area (Å²) < 4.78 is 0. The lowest BCUT2D eigenvalue weighted by Crippen LogP contribution is -2.10. The summed E-state index contributed by atoms with van der Waals surface area (Å²) in [4.78, 5) is 21.9. The van der Waals surface area contributed by atoms with E-state index in [9.17, 15) is 14.7 Å². The quantitative estimate of drug-likeness (QED) is 0.432. The van der Waals surface area contributed by atoms with Crippen LogP contribution in [0.4, 0.5) is 0 Å². The molecule has 0 saturated carbocycles. The van der Waals surface area contributed by atoms with Gasteiger partial charge in [-0.1, -0.05) is 0 Å². The average Bonchev–Trinajstić information content (AvgIpc) is 2.35. The monoisotopic (exact) mass is 178 g/mol. The van der Waals surface area contributed by atoms with Crippen LogP contribution in [0.25, 0.3) is 0 Å². The highest BCUT2D eigenvalue weighted by Gasteiger charge is 2.32. The third-order valence-electron chi connectivity index (χ3n) is 1.80. The van der Waals surface area contributed by atoms with Gasteiger partial charge in [-0.2, -0.15) is 5.32 Å². The third-order valence-corrected chi connectivity index (χ3v) is 1.80. The Morgan fingerprint density at radius 1 is 1.08 bits per heavy atom. The van der Waals surface area contributed by atoms with E-state index in [2.05, 4.69) is 5.32 Å². The fourth-order valence-corrected chi connectivity index (χ4v) is 1.18. The molecule has 1 heterocycles. The maximum Gasteiger partial charge on any atom is 0.285 e. The number of carbonyl (C=O) groups is 2. The van der Waals surface area contributed by atoms with Gasteiger partial charge in [0.15, 0.2) is 11.5 Å². The van der Waals surface area contributed by atoms with Gasteiger partial charge in [-0.25, -0.2) is 0 Å². The Hall–Kier alpha value is -2.04. The lowest BCUT2D eigenvalue weighted by atomic mass is 10.1. The summed E-state index contributed by atoms with van der Waals surface area (Å²) in [6.45, 7) is 0. The third kappa shape index (κ3) is 0.868. The molecule has 5 heteroatoms. The highest BCUT2D eigenvalue weighted by atomic mass is 16.3. The van der Waals surface area contributed by atoms with E-state index in [0.29, 0.717) is 0 Å². The van der Waals surface area contributed by atoms with E-state index in [4.69, 9.17) is 5.11 Å². The first-order valence-corrected chi connectivity index (χ1v) is 3.46. The van der Waals surface area contributed by atoms with E-state index < -0.39 is 23.3 Å². The first kappa shape index (κ1) is 7.60. The van der Waals surface area contributed by atoms with Crippen LogP contribution in [0.2, 0.25) is 0 Å². The number of nitrogens with zero attached hydrogens (tertiary/aromatic N) is 1. The summed E-state index contributed by atoms with van der Waals surface area (Å²) in [6, 6.07) is 2.39. The van der Waals surface area contributed by atoms with E-state index in [1.165, 1.54) is 6.07 Å². The molecule has 5 nitrogen and oxygen atoms in total. The van der Waals surface area contributed by atoms with Crippen LogP contribution in [0.5, 0.6) is 11.5 Å². The van der Waals surface area contributed by atoms with Crippen molar-refractivity contribution in [1.82, 2.24) is 5.32 Å². The normalized spacial score (nSPS) is 14.2. The molecule has 0 atom stereocenters. The molecule has 1 aromatic rings. The van der Waals surface area contributed by atoms with Crippen molar-refractivity contribution in [3.05, 3.63) is 23.3 Å². The summed E-state index contributed by atoms with van der Waals surface area (Å²) in [5.74, 6) is -2.52. The maximum absolute atomic E-state index is 11.0. The Kier molecular flexibility index (Phi) is 1.30. The molecule has 2 amide bonds. The predicted molar refractivity (Wildman–Crippen MR) is 40.6 cm³/mol. The van der Waals surface area contributed by atoms with Crippen LogP contribution in [0.3, 0.4) is 0 Å². The molecule has 2 N–H and O–H groups in total. The van der Waals surface area contributed by atoms with E-state index in [-0.39, 0.29) is 11.1 Å². The zero-order valence-corrected chi connectivity index (χ0v) is 6.31. The number of aromatic hydroxyl groups is 2. The zero-order chi connectivity index (χ0) is 9.59. The van der Waals surface area contributed by atoms with Gasteiger partial charge in [0.25, 0.3) is 11.8 Å². The summed E-state index contributed by atoms with van der Waals surface area (Å²) in [5.41, 5.74) is -0.190. The van der Waals surface area contributed by atoms with Crippen LogP contribution < -0.4 is 5.32 Å². The zero-order valence-electron chi connectivity index (χ0n) is 6.31. The second-order valence-corrected chi connectivity index (χ2v) is 2.58. The molecular formula is C8H4NO4. The fourth-order valence-electron chi connectivity index (χ4n) is 1.18. The number of fused-ring (bicyclic) bond motifs is 1. The van der Waals surface area contributed by atoms with Gasteiger partial charge in [0, 0.05) is 0 Å². The molecule has 0 bridgehead atoms. The number of rotatable bonds is 0. The number of hydrogen-bond donors (Lipinski definition) is 2. The maximum atomic E-state index is 11.0. The van der Waals surface area contributed by atoms with Gasteiger partial charge in [-0.15, -0.1) is 0 Å². The van der Waals surface area contributed by atoms with Gasteiger partial charge in [0.2, 0.25) is 0 Å². The van der Waals surface area contributed by atoms with Crippen molar-refractivity contribution in [2.75, 3.05) is 0 Å². The Morgan fingerprint density at radius 3 is 2.46 bits per heavy atom. The van der Waals surface area contributed by atoms with Gasteiger partial charge >= 0.3 is 0 Å². The second kappa shape index (κ2) is 2.22. The summed E-state index contributed by atoms with van der Waals surface area (Å²) in [7, 11) is 0. The molecule has 0 aliphatic carbocycles. The predicted octanol–water partition coefficient (Wildman–Crippen LogP) is -0.00380. The van der Waals surface area contributed by atoms with Crippen LogP contribution in [-0.2, 0) is 0 Å². The van der Waals surface area contributed by atoms with E-state index >= 15 is 0 Å². The number of phenols is 2. The Balaban J connectivity index is 2.78.